The number of amidine groups is 1. The Kier molecular flexibility index (Phi) is 13.1. The van der Waals surface area contributed by atoms with Crippen LogP contribution < -0.4 is 38.3 Å². The number of hydrogen-bond donors (Lipinski definition) is 8. The van der Waals surface area contributed by atoms with Crippen LogP contribution in [0, 0.1) is 5.41 Å². The van der Waals surface area contributed by atoms with E-state index in [1.54, 1.807) is 21.1 Å². The molecular weight excluding hydrogens is 597 g/mol. The van der Waals surface area contributed by atoms with Crippen LogP contribution >= 0.6 is 24.8 Å². The van der Waals surface area contributed by atoms with E-state index in [1.807, 2.05) is 0 Å². The number of aryl methyl sites for hydroxylation is 3. The molecule has 0 spiro atoms. The van der Waals surface area contributed by atoms with Crippen molar-refractivity contribution < 1.29 is 19.2 Å². The molecule has 0 radical (unpaired) electrons. The van der Waals surface area contributed by atoms with Crippen LogP contribution in [0.5, 0.6) is 0 Å². The zero-order valence-electron chi connectivity index (χ0n) is 22.7. The van der Waals surface area contributed by atoms with Crippen molar-refractivity contribution >= 4 is 78.1 Å². The summed E-state index contributed by atoms with van der Waals surface area (Å²) in [6, 6.07) is 0. The van der Waals surface area contributed by atoms with Gasteiger partial charge in [0.2, 0.25) is 23.4 Å². The number of nitrogens with two attached hydrogens (primary N) is 2. The number of halogens is 2. The van der Waals surface area contributed by atoms with Crippen LogP contribution in [-0.4, -0.2) is 77.5 Å². The molecule has 19 nitrogen and oxygen atoms in total. The first-order valence-electron chi connectivity index (χ1n) is 11.6. The van der Waals surface area contributed by atoms with Gasteiger partial charge in [-0.25, -0.2) is 20.8 Å². The van der Waals surface area contributed by atoms with Crippen molar-refractivity contribution in [1.29, 1.82) is 5.41 Å². The highest BCUT2D eigenvalue weighted by Gasteiger charge is 2.21. The minimum Gasteiger partial charge on any atom is -0.388 e. The van der Waals surface area contributed by atoms with Gasteiger partial charge in [-0.1, -0.05) is 0 Å². The van der Waals surface area contributed by atoms with E-state index >= 15 is 0 Å². The second-order valence-electron chi connectivity index (χ2n) is 8.31. The third-order valence-electron chi connectivity index (χ3n) is 5.07. The fourth-order valence-corrected chi connectivity index (χ4v) is 3.31. The molecule has 10 N–H and O–H groups in total. The number of nitrogens with zero attached hydrogens (tertiary/aromatic N) is 7. The highest BCUT2D eigenvalue weighted by atomic mass is 35.5. The van der Waals surface area contributed by atoms with E-state index in [0.29, 0.717) is 0 Å². The molecule has 3 aromatic heterocycles. The average molecular weight is 628 g/mol. The minimum absolute atomic E-state index is 0. The summed E-state index contributed by atoms with van der Waals surface area (Å²) in [7, 11) is 4.70. The molecule has 3 rings (SSSR count). The third kappa shape index (κ3) is 9.28. The molecule has 0 saturated carbocycles. The van der Waals surface area contributed by atoms with Gasteiger partial charge >= 0.3 is 0 Å². The SMILES string of the molecule is Cl.Cl.Cn1cc(NC(=O)c2nc(NC(=O)c3nc(NC(=O)CN=CNN)cn3C)cn2C)nc1C(=O)NCCC(=N)N. The molecule has 228 valence electrons. The Balaban J connectivity index is 0.00000441. The maximum atomic E-state index is 12.8. The number of amides is 4. The van der Waals surface area contributed by atoms with Crippen molar-refractivity contribution in [3.05, 3.63) is 36.1 Å². The van der Waals surface area contributed by atoms with E-state index in [4.69, 9.17) is 17.0 Å². The fraction of sp³-hybridized carbons (Fsp3) is 0.286. The summed E-state index contributed by atoms with van der Waals surface area (Å²) in [5.74, 6) is 3.01. The molecule has 0 aromatic carbocycles. The maximum Gasteiger partial charge on any atom is 0.292 e. The van der Waals surface area contributed by atoms with Gasteiger partial charge < -0.3 is 46.1 Å². The summed E-state index contributed by atoms with van der Waals surface area (Å²) in [5.41, 5.74) is 7.45. The summed E-state index contributed by atoms with van der Waals surface area (Å²) in [4.78, 5) is 65.9. The number of hydrazine groups is 1. The summed E-state index contributed by atoms with van der Waals surface area (Å²) in [6.07, 6.45) is 5.67. The number of aromatic nitrogens is 6. The number of nitrogens with one attached hydrogen (secondary N) is 6. The quantitative estimate of drug-likeness (QED) is 0.0509. The van der Waals surface area contributed by atoms with Crippen molar-refractivity contribution in [2.45, 2.75) is 6.42 Å². The molecular formula is C21H31Cl2N15O4. The van der Waals surface area contributed by atoms with Gasteiger partial charge in [0.1, 0.15) is 6.54 Å². The Labute approximate surface area is 251 Å². The number of anilines is 3. The van der Waals surface area contributed by atoms with Crippen molar-refractivity contribution in [2.24, 2.45) is 37.7 Å². The van der Waals surface area contributed by atoms with E-state index in [1.165, 1.54) is 32.3 Å². The van der Waals surface area contributed by atoms with Crippen LogP contribution in [0.4, 0.5) is 17.5 Å². The van der Waals surface area contributed by atoms with Crippen LogP contribution in [0.1, 0.15) is 38.3 Å². The maximum absolute atomic E-state index is 12.8. The van der Waals surface area contributed by atoms with E-state index in [2.05, 4.69) is 46.6 Å². The first-order chi connectivity index (χ1) is 19.0. The second-order valence-corrected chi connectivity index (χ2v) is 8.31. The molecule has 0 aliphatic heterocycles. The van der Waals surface area contributed by atoms with Crippen LogP contribution in [0.25, 0.3) is 0 Å². The molecule has 3 aromatic rings. The van der Waals surface area contributed by atoms with Gasteiger partial charge in [0.25, 0.3) is 17.7 Å². The van der Waals surface area contributed by atoms with Crippen LogP contribution in [0.3, 0.4) is 0 Å². The molecule has 0 saturated heterocycles. The summed E-state index contributed by atoms with van der Waals surface area (Å²) in [6.45, 7) is -0.0316. The lowest BCUT2D eigenvalue weighted by molar-refractivity contribution is -0.114. The lowest BCUT2D eigenvalue weighted by Crippen LogP contribution is -2.29. The first kappa shape index (κ1) is 35.0. The van der Waals surface area contributed by atoms with E-state index < -0.39 is 23.6 Å². The number of hydrogen-bond acceptors (Lipinski definition) is 10. The number of carbonyl (C=O) groups excluding carboxylic acids is 4. The summed E-state index contributed by atoms with van der Waals surface area (Å²) >= 11 is 0. The topological polar surface area (TPSA) is 270 Å². The molecule has 0 fully saturated rings. The molecule has 0 bridgehead atoms. The molecule has 3 heterocycles. The minimum atomic E-state index is -0.640. The Morgan fingerprint density at radius 1 is 0.833 bits per heavy atom. The highest BCUT2D eigenvalue weighted by molar-refractivity contribution is 6.04. The van der Waals surface area contributed by atoms with Gasteiger partial charge in [-0.2, -0.15) is 0 Å². The van der Waals surface area contributed by atoms with Gasteiger partial charge in [-0.3, -0.25) is 29.6 Å². The van der Waals surface area contributed by atoms with Gasteiger partial charge in [0.05, 0.1) is 12.2 Å². The zero-order chi connectivity index (χ0) is 29.4. The lowest BCUT2D eigenvalue weighted by atomic mass is 10.4. The highest BCUT2D eigenvalue weighted by Crippen LogP contribution is 2.14. The number of carbonyl (C=O) groups is 4. The smallest absolute Gasteiger partial charge is 0.292 e. The van der Waals surface area contributed by atoms with E-state index in [9.17, 15) is 19.2 Å². The standard InChI is InChI=1S/C21H29N15O4.2ClH/c1-34-8-13(30-16(34)19(38)26-5-4-11(22)23)32-21(40)18-31-14(9-36(18)3)33-20(39)17-29-12(7-35(17)2)28-15(37)6-25-10-27-24;;/h7-10H,4-6,24H2,1-3H3,(H3,22,23)(H,25,27)(H,26,38)(H,28,37)(H,32,40)(H,33,39);2*1H. The predicted octanol–water partition coefficient (Wildman–Crippen LogP) is -1.28. The Hall–Kier alpha value is -5.01. The Morgan fingerprint density at radius 2 is 1.26 bits per heavy atom. The van der Waals surface area contributed by atoms with Crippen molar-refractivity contribution in [1.82, 2.24) is 39.4 Å². The molecule has 0 atom stereocenters. The van der Waals surface area contributed by atoms with Crippen LogP contribution in [0.2, 0.25) is 0 Å². The summed E-state index contributed by atoms with van der Waals surface area (Å²) < 4.78 is 4.22. The fourth-order valence-electron chi connectivity index (χ4n) is 3.31. The third-order valence-corrected chi connectivity index (χ3v) is 5.07. The number of imidazole rings is 3. The Morgan fingerprint density at radius 3 is 1.69 bits per heavy atom. The number of aliphatic imine (C=N–C) groups is 1. The predicted molar refractivity (Wildman–Crippen MR) is 158 cm³/mol. The molecule has 4 amide bonds. The molecule has 0 aliphatic rings. The largest absolute Gasteiger partial charge is 0.388 e. The molecule has 42 heavy (non-hydrogen) atoms. The van der Waals surface area contributed by atoms with Crippen LogP contribution in [-0.2, 0) is 25.9 Å². The van der Waals surface area contributed by atoms with Crippen molar-refractivity contribution in [3.63, 3.8) is 0 Å². The lowest BCUT2D eigenvalue weighted by Gasteiger charge is -2.03. The zero-order valence-corrected chi connectivity index (χ0v) is 24.3. The Bertz CT molecular complexity index is 1480. The molecule has 0 aliphatic carbocycles. The van der Waals surface area contributed by atoms with Gasteiger partial charge in [-0.05, 0) is 0 Å². The van der Waals surface area contributed by atoms with Crippen molar-refractivity contribution in [3.8, 4) is 0 Å². The molecule has 0 unspecified atom stereocenters. The van der Waals surface area contributed by atoms with Crippen LogP contribution in [0.15, 0.2) is 23.6 Å². The average Bonchev–Trinajstić information content (AvgIpc) is 3.54. The van der Waals surface area contributed by atoms with Gasteiger partial charge in [0, 0.05) is 52.7 Å². The first-order valence-corrected chi connectivity index (χ1v) is 11.6. The monoisotopic (exact) mass is 627 g/mol. The van der Waals surface area contributed by atoms with E-state index in [0.717, 1.165) is 6.34 Å². The van der Waals surface area contributed by atoms with E-state index in [-0.39, 0.29) is 85.1 Å². The second kappa shape index (κ2) is 15.7. The summed E-state index contributed by atoms with van der Waals surface area (Å²) in [5, 5.41) is 17.4. The number of rotatable bonds is 12. The normalized spacial score (nSPS) is 10.3. The molecule has 21 heteroatoms. The van der Waals surface area contributed by atoms with Gasteiger partial charge in [-0.15, -0.1) is 24.8 Å². The van der Waals surface area contributed by atoms with Crippen molar-refractivity contribution in [2.75, 3.05) is 29.0 Å². The van der Waals surface area contributed by atoms with Gasteiger partial charge in [0.15, 0.2) is 17.5 Å².